The smallest absolute Gasteiger partial charge is 0.376 e. The molecule has 0 saturated carbocycles. The van der Waals surface area contributed by atoms with Gasteiger partial charge in [-0.25, -0.2) is 0 Å². The lowest BCUT2D eigenvalue weighted by Gasteiger charge is -2.35. The maximum Gasteiger partial charge on any atom is 0.376 e. The van der Waals surface area contributed by atoms with E-state index in [0.717, 1.165) is 32.7 Å². The van der Waals surface area contributed by atoms with Crippen molar-refractivity contribution in [1.82, 2.24) is 9.71 Å². The Kier molecular flexibility index (Phi) is 5.84. The molecule has 2 rings (SSSR count). The van der Waals surface area contributed by atoms with E-state index in [1.54, 1.807) is 0 Å². The fraction of sp³-hybridized carbons (Fsp3) is 0.700. The molecule has 1 heterocycles. The van der Waals surface area contributed by atoms with Gasteiger partial charge in [-0.05, 0) is 34.3 Å². The van der Waals surface area contributed by atoms with Gasteiger partial charge >= 0.3 is 7.05 Å². The number of piperazine rings is 1. The van der Waals surface area contributed by atoms with Crippen LogP contribution in [0.1, 0.15) is 58.2 Å². The van der Waals surface area contributed by atoms with Crippen LogP contribution >= 0.6 is 0 Å². The van der Waals surface area contributed by atoms with Crippen molar-refractivity contribution in [2.24, 2.45) is 0 Å². The molecule has 0 radical (unpaired) electrons. The summed E-state index contributed by atoms with van der Waals surface area (Å²) < 4.78 is 0. The average molecular weight is 330 g/mol. The van der Waals surface area contributed by atoms with E-state index >= 15 is 0 Å². The van der Waals surface area contributed by atoms with E-state index in [0.29, 0.717) is 0 Å². The standard InChI is InChI=1S/C20H35BN2O/c1-19(2,3)17-12-16(13-18(14-17)20(4,5)6)15-22-8-10-23(11-9-22)21(7)24/h12-14,24H,8-11,15H2,1-7H3. The number of hydrogen-bond donors (Lipinski definition) is 1. The minimum atomic E-state index is -0.330. The van der Waals surface area contributed by atoms with Gasteiger partial charge in [-0.1, -0.05) is 59.7 Å². The molecule has 0 atom stereocenters. The van der Waals surface area contributed by atoms with Gasteiger partial charge in [0.25, 0.3) is 0 Å². The largest absolute Gasteiger partial charge is 0.437 e. The van der Waals surface area contributed by atoms with Crippen molar-refractivity contribution in [3.8, 4) is 0 Å². The quantitative estimate of drug-likeness (QED) is 0.859. The highest BCUT2D eigenvalue weighted by atomic mass is 16.2. The van der Waals surface area contributed by atoms with Crippen molar-refractivity contribution in [2.75, 3.05) is 26.2 Å². The molecular weight excluding hydrogens is 295 g/mol. The van der Waals surface area contributed by atoms with Crippen LogP contribution in [-0.4, -0.2) is 48.0 Å². The molecule has 0 aromatic heterocycles. The van der Waals surface area contributed by atoms with Crippen LogP contribution in [0.25, 0.3) is 0 Å². The zero-order valence-electron chi connectivity index (χ0n) is 16.7. The summed E-state index contributed by atoms with van der Waals surface area (Å²) in [5.41, 5.74) is 4.60. The number of rotatable bonds is 3. The van der Waals surface area contributed by atoms with Crippen molar-refractivity contribution in [3.63, 3.8) is 0 Å². The summed E-state index contributed by atoms with van der Waals surface area (Å²) in [5, 5.41) is 9.71. The van der Waals surface area contributed by atoms with Crippen molar-refractivity contribution >= 4 is 7.05 Å². The summed E-state index contributed by atoms with van der Waals surface area (Å²) in [5.74, 6) is 0. The van der Waals surface area contributed by atoms with Gasteiger partial charge in [-0.15, -0.1) is 0 Å². The minimum absolute atomic E-state index is 0.168. The van der Waals surface area contributed by atoms with Crippen molar-refractivity contribution in [1.29, 1.82) is 0 Å². The van der Waals surface area contributed by atoms with Gasteiger partial charge < -0.3 is 9.83 Å². The maximum absolute atomic E-state index is 9.71. The highest BCUT2D eigenvalue weighted by Gasteiger charge is 2.24. The first-order valence-corrected chi connectivity index (χ1v) is 9.26. The van der Waals surface area contributed by atoms with E-state index in [1.165, 1.54) is 16.7 Å². The van der Waals surface area contributed by atoms with Gasteiger partial charge in [-0.2, -0.15) is 0 Å². The van der Waals surface area contributed by atoms with Gasteiger partial charge in [0.15, 0.2) is 0 Å². The predicted molar refractivity (Wildman–Crippen MR) is 105 cm³/mol. The van der Waals surface area contributed by atoms with Crippen molar-refractivity contribution in [3.05, 3.63) is 34.9 Å². The summed E-state index contributed by atoms with van der Waals surface area (Å²) in [7, 11) is -0.330. The molecule has 1 aliphatic rings. The molecule has 134 valence electrons. The maximum atomic E-state index is 9.71. The lowest BCUT2D eigenvalue weighted by atomic mass is 9.79. The van der Waals surface area contributed by atoms with Gasteiger partial charge in [0, 0.05) is 32.7 Å². The third-order valence-corrected chi connectivity index (χ3v) is 5.07. The first kappa shape index (κ1) is 19.5. The van der Waals surface area contributed by atoms with Crippen LogP contribution in [0.5, 0.6) is 0 Å². The molecule has 1 aromatic carbocycles. The highest BCUT2D eigenvalue weighted by Crippen LogP contribution is 2.30. The van der Waals surface area contributed by atoms with E-state index < -0.39 is 0 Å². The zero-order valence-corrected chi connectivity index (χ0v) is 16.7. The monoisotopic (exact) mass is 330 g/mol. The third-order valence-electron chi connectivity index (χ3n) is 5.07. The molecule has 3 nitrogen and oxygen atoms in total. The number of benzene rings is 1. The lowest BCUT2D eigenvalue weighted by Crippen LogP contribution is -2.51. The molecular formula is C20H35BN2O. The Bertz CT molecular complexity index is 517. The van der Waals surface area contributed by atoms with E-state index in [1.807, 2.05) is 6.82 Å². The Morgan fingerprint density at radius 1 is 0.875 bits per heavy atom. The molecule has 1 N–H and O–H groups in total. The van der Waals surface area contributed by atoms with Gasteiger partial charge in [0.2, 0.25) is 0 Å². The topological polar surface area (TPSA) is 26.7 Å². The molecule has 0 spiro atoms. The van der Waals surface area contributed by atoms with Gasteiger partial charge in [0.05, 0.1) is 0 Å². The Labute approximate surface area is 149 Å². The van der Waals surface area contributed by atoms with E-state index in [-0.39, 0.29) is 17.9 Å². The molecule has 4 heteroatoms. The number of hydrogen-bond acceptors (Lipinski definition) is 3. The fourth-order valence-electron chi connectivity index (χ4n) is 3.20. The second-order valence-electron chi connectivity index (χ2n) is 9.36. The fourth-order valence-corrected chi connectivity index (χ4v) is 3.20. The van der Waals surface area contributed by atoms with E-state index in [4.69, 9.17) is 0 Å². The summed E-state index contributed by atoms with van der Waals surface area (Å²) in [6.45, 7) is 20.6. The molecule has 0 unspecified atom stereocenters. The first-order valence-electron chi connectivity index (χ1n) is 9.26. The lowest BCUT2D eigenvalue weighted by molar-refractivity contribution is 0.169. The van der Waals surface area contributed by atoms with Crippen molar-refractivity contribution in [2.45, 2.75) is 65.7 Å². The third kappa shape index (κ3) is 5.08. The Morgan fingerprint density at radius 3 is 1.71 bits per heavy atom. The highest BCUT2D eigenvalue weighted by molar-refractivity contribution is 6.45. The van der Waals surface area contributed by atoms with Crippen LogP contribution in [0.3, 0.4) is 0 Å². The minimum Gasteiger partial charge on any atom is -0.437 e. The molecule has 0 aliphatic carbocycles. The first-order chi connectivity index (χ1) is 11.0. The van der Waals surface area contributed by atoms with Gasteiger partial charge in [0.1, 0.15) is 0 Å². The SMILES string of the molecule is CB(O)N1CCN(Cc2cc(C(C)(C)C)cc(C(C)(C)C)c2)CC1. The van der Waals surface area contributed by atoms with Gasteiger partial charge in [-0.3, -0.25) is 4.90 Å². The summed E-state index contributed by atoms with van der Waals surface area (Å²) in [6.07, 6.45) is 0. The molecule has 1 aromatic rings. The summed E-state index contributed by atoms with van der Waals surface area (Å²) in [4.78, 5) is 4.65. The zero-order chi connectivity index (χ0) is 18.1. The Balaban J connectivity index is 2.18. The van der Waals surface area contributed by atoms with Crippen LogP contribution in [0, 0.1) is 0 Å². The summed E-state index contributed by atoms with van der Waals surface area (Å²) >= 11 is 0. The van der Waals surface area contributed by atoms with E-state index in [2.05, 4.69) is 69.5 Å². The summed E-state index contributed by atoms with van der Waals surface area (Å²) in [6, 6.07) is 7.15. The molecule has 1 fully saturated rings. The van der Waals surface area contributed by atoms with Crippen LogP contribution in [0.2, 0.25) is 6.82 Å². The van der Waals surface area contributed by atoms with Crippen molar-refractivity contribution < 1.29 is 5.02 Å². The van der Waals surface area contributed by atoms with Crippen LogP contribution < -0.4 is 0 Å². The molecule has 1 aliphatic heterocycles. The number of nitrogens with zero attached hydrogens (tertiary/aromatic N) is 2. The molecule has 1 saturated heterocycles. The molecule has 0 amide bonds. The van der Waals surface area contributed by atoms with Crippen LogP contribution in [-0.2, 0) is 17.4 Å². The second kappa shape index (κ2) is 7.19. The van der Waals surface area contributed by atoms with Crippen LogP contribution in [0.15, 0.2) is 18.2 Å². The normalized spacial score (nSPS) is 18.0. The van der Waals surface area contributed by atoms with E-state index in [9.17, 15) is 5.02 Å². The molecule has 24 heavy (non-hydrogen) atoms. The van der Waals surface area contributed by atoms with Crippen LogP contribution in [0.4, 0.5) is 0 Å². The second-order valence-corrected chi connectivity index (χ2v) is 9.36. The average Bonchev–Trinajstić information content (AvgIpc) is 2.45. The Morgan fingerprint density at radius 2 is 1.33 bits per heavy atom. The molecule has 0 bridgehead atoms. The Hall–Kier alpha value is -0.835. The predicted octanol–water partition coefficient (Wildman–Crippen LogP) is 3.51.